The van der Waals surface area contributed by atoms with Gasteiger partial charge in [0.1, 0.15) is 17.6 Å². The predicted octanol–water partition coefficient (Wildman–Crippen LogP) is 3.33. The van der Waals surface area contributed by atoms with Crippen molar-refractivity contribution in [3.8, 4) is 23.3 Å². The molecular formula is C16H10FN3O2. The Morgan fingerprint density at radius 2 is 1.95 bits per heavy atom. The van der Waals surface area contributed by atoms with Gasteiger partial charge in [-0.3, -0.25) is 0 Å². The van der Waals surface area contributed by atoms with Crippen LogP contribution < -0.4 is 4.74 Å². The van der Waals surface area contributed by atoms with Crippen molar-refractivity contribution in [2.45, 2.75) is 6.61 Å². The van der Waals surface area contributed by atoms with Gasteiger partial charge in [-0.1, -0.05) is 18.2 Å². The Kier molecular flexibility index (Phi) is 3.79. The van der Waals surface area contributed by atoms with Crippen molar-refractivity contribution >= 4 is 0 Å². The van der Waals surface area contributed by atoms with Crippen LogP contribution in [0.3, 0.4) is 0 Å². The monoisotopic (exact) mass is 295 g/mol. The molecule has 0 aliphatic heterocycles. The molecule has 0 amide bonds. The van der Waals surface area contributed by atoms with Gasteiger partial charge in [-0.05, 0) is 24.3 Å². The number of halogens is 1. The third-order valence-corrected chi connectivity index (χ3v) is 2.91. The first-order valence-electron chi connectivity index (χ1n) is 6.46. The van der Waals surface area contributed by atoms with Crippen molar-refractivity contribution in [2.24, 2.45) is 0 Å². The number of benzene rings is 2. The Balaban J connectivity index is 1.69. The van der Waals surface area contributed by atoms with Crippen LogP contribution in [0.5, 0.6) is 5.75 Å². The van der Waals surface area contributed by atoms with Gasteiger partial charge in [0.25, 0.3) is 5.89 Å². The van der Waals surface area contributed by atoms with E-state index in [4.69, 9.17) is 14.4 Å². The summed E-state index contributed by atoms with van der Waals surface area (Å²) in [6.07, 6.45) is 0. The van der Waals surface area contributed by atoms with Gasteiger partial charge in [0.15, 0.2) is 6.61 Å². The lowest BCUT2D eigenvalue weighted by Gasteiger charge is -2.03. The molecule has 0 spiro atoms. The summed E-state index contributed by atoms with van der Waals surface area (Å²) in [5.41, 5.74) is 0.780. The van der Waals surface area contributed by atoms with E-state index >= 15 is 0 Å². The summed E-state index contributed by atoms with van der Waals surface area (Å²) in [4.78, 5) is 0. The summed E-state index contributed by atoms with van der Waals surface area (Å²) in [5.74, 6) is 0.334. The smallest absolute Gasteiger partial charge is 0.254 e. The molecule has 0 saturated heterocycles. The third-order valence-electron chi connectivity index (χ3n) is 2.91. The molecule has 6 heteroatoms. The number of hydrogen-bond acceptors (Lipinski definition) is 5. The highest BCUT2D eigenvalue weighted by Gasteiger charge is 2.09. The summed E-state index contributed by atoms with van der Waals surface area (Å²) >= 11 is 0. The fraction of sp³-hybridized carbons (Fsp3) is 0.0625. The summed E-state index contributed by atoms with van der Waals surface area (Å²) < 4.78 is 24.3. The van der Waals surface area contributed by atoms with E-state index in [1.165, 1.54) is 12.1 Å². The minimum Gasteiger partial charge on any atom is -0.484 e. The molecule has 0 fully saturated rings. The Bertz CT molecular complexity index is 825. The minimum absolute atomic E-state index is 0.0190. The normalized spacial score (nSPS) is 10.2. The van der Waals surface area contributed by atoms with Gasteiger partial charge in [-0.15, -0.1) is 10.2 Å². The molecule has 0 aliphatic carbocycles. The van der Waals surface area contributed by atoms with Gasteiger partial charge < -0.3 is 9.15 Å². The second-order valence-corrected chi connectivity index (χ2v) is 4.41. The van der Waals surface area contributed by atoms with E-state index in [1.807, 2.05) is 30.3 Å². The Hall–Kier alpha value is -3.20. The lowest BCUT2D eigenvalue weighted by molar-refractivity contribution is 0.263. The average Bonchev–Trinajstić information content (AvgIpc) is 3.03. The van der Waals surface area contributed by atoms with Crippen molar-refractivity contribution in [1.82, 2.24) is 10.2 Å². The summed E-state index contributed by atoms with van der Waals surface area (Å²) in [7, 11) is 0. The molecule has 108 valence electrons. The zero-order chi connectivity index (χ0) is 15.4. The second-order valence-electron chi connectivity index (χ2n) is 4.41. The average molecular weight is 295 g/mol. The highest BCUT2D eigenvalue weighted by Crippen LogP contribution is 2.19. The van der Waals surface area contributed by atoms with Crippen LogP contribution in [0.15, 0.2) is 52.9 Å². The molecule has 22 heavy (non-hydrogen) atoms. The van der Waals surface area contributed by atoms with Crippen molar-refractivity contribution < 1.29 is 13.5 Å². The van der Waals surface area contributed by atoms with Crippen LogP contribution in [0.2, 0.25) is 0 Å². The quantitative estimate of drug-likeness (QED) is 0.738. The molecule has 0 radical (unpaired) electrons. The first-order chi connectivity index (χ1) is 10.8. The summed E-state index contributed by atoms with van der Waals surface area (Å²) in [5, 5.41) is 16.5. The Morgan fingerprint density at radius 3 is 2.68 bits per heavy atom. The van der Waals surface area contributed by atoms with E-state index < -0.39 is 5.82 Å². The van der Waals surface area contributed by atoms with Crippen molar-refractivity contribution in [3.05, 3.63) is 65.8 Å². The molecular weight excluding hydrogens is 285 g/mol. The van der Waals surface area contributed by atoms with Gasteiger partial charge in [-0.25, -0.2) is 4.39 Å². The summed E-state index contributed by atoms with van der Waals surface area (Å²) in [6, 6.07) is 15.1. The molecule has 0 atom stereocenters. The van der Waals surface area contributed by atoms with Crippen molar-refractivity contribution in [1.29, 1.82) is 5.26 Å². The van der Waals surface area contributed by atoms with Crippen LogP contribution in [-0.2, 0) is 6.61 Å². The first kappa shape index (κ1) is 13.8. The fourth-order valence-electron chi connectivity index (χ4n) is 1.83. The van der Waals surface area contributed by atoms with Crippen LogP contribution in [0.4, 0.5) is 4.39 Å². The van der Waals surface area contributed by atoms with Crippen LogP contribution in [-0.4, -0.2) is 10.2 Å². The third kappa shape index (κ3) is 2.94. The summed E-state index contributed by atoms with van der Waals surface area (Å²) in [6.45, 7) is 0.0190. The maximum absolute atomic E-state index is 13.4. The molecule has 0 N–H and O–H groups in total. The molecule has 2 aromatic carbocycles. The number of nitrogens with zero attached hydrogens (tertiary/aromatic N) is 3. The van der Waals surface area contributed by atoms with E-state index in [-0.39, 0.29) is 23.8 Å². The molecule has 3 rings (SSSR count). The minimum atomic E-state index is -0.629. The van der Waals surface area contributed by atoms with Crippen LogP contribution in [0, 0.1) is 17.1 Å². The molecule has 3 aromatic rings. The SMILES string of the molecule is N#Cc1ccc(OCc2nnc(-c3ccccc3)o2)cc1F. The molecule has 0 bridgehead atoms. The van der Waals surface area contributed by atoms with E-state index in [2.05, 4.69) is 10.2 Å². The maximum Gasteiger partial charge on any atom is 0.254 e. The van der Waals surface area contributed by atoms with Crippen molar-refractivity contribution in [3.63, 3.8) is 0 Å². The standard InChI is InChI=1S/C16H10FN3O2/c17-14-8-13(7-6-12(14)9-18)21-10-15-19-20-16(22-15)11-4-2-1-3-5-11/h1-8H,10H2. The highest BCUT2D eigenvalue weighted by atomic mass is 19.1. The van der Waals surface area contributed by atoms with Gasteiger partial charge in [-0.2, -0.15) is 5.26 Å². The van der Waals surface area contributed by atoms with Gasteiger partial charge in [0.2, 0.25) is 5.89 Å². The van der Waals surface area contributed by atoms with Crippen LogP contribution in [0.1, 0.15) is 11.5 Å². The number of aromatic nitrogens is 2. The van der Waals surface area contributed by atoms with E-state index in [0.29, 0.717) is 5.89 Å². The van der Waals surface area contributed by atoms with Crippen LogP contribution in [0.25, 0.3) is 11.5 Å². The Morgan fingerprint density at radius 1 is 1.14 bits per heavy atom. The molecule has 0 aliphatic rings. The molecule has 0 unspecified atom stereocenters. The number of hydrogen-bond donors (Lipinski definition) is 0. The van der Waals surface area contributed by atoms with E-state index in [1.54, 1.807) is 6.07 Å². The zero-order valence-electron chi connectivity index (χ0n) is 11.4. The van der Waals surface area contributed by atoms with E-state index in [0.717, 1.165) is 11.6 Å². The maximum atomic E-state index is 13.4. The fourth-order valence-corrected chi connectivity index (χ4v) is 1.83. The molecule has 1 heterocycles. The lowest BCUT2D eigenvalue weighted by atomic mass is 10.2. The largest absolute Gasteiger partial charge is 0.484 e. The number of rotatable bonds is 4. The van der Waals surface area contributed by atoms with Gasteiger partial charge >= 0.3 is 0 Å². The topological polar surface area (TPSA) is 71.9 Å². The Labute approximate surface area is 125 Å². The second kappa shape index (κ2) is 6.06. The van der Waals surface area contributed by atoms with E-state index in [9.17, 15) is 4.39 Å². The lowest BCUT2D eigenvalue weighted by Crippen LogP contribution is -1.96. The predicted molar refractivity (Wildman–Crippen MR) is 75.2 cm³/mol. The first-order valence-corrected chi connectivity index (χ1v) is 6.46. The van der Waals surface area contributed by atoms with Gasteiger partial charge in [0.05, 0.1) is 5.56 Å². The van der Waals surface area contributed by atoms with Crippen LogP contribution >= 0.6 is 0 Å². The molecule has 0 saturated carbocycles. The molecule has 1 aromatic heterocycles. The molecule has 5 nitrogen and oxygen atoms in total. The number of ether oxygens (including phenoxy) is 1. The van der Waals surface area contributed by atoms with Gasteiger partial charge in [0, 0.05) is 11.6 Å². The number of nitriles is 1. The van der Waals surface area contributed by atoms with Crippen molar-refractivity contribution in [2.75, 3.05) is 0 Å². The highest BCUT2D eigenvalue weighted by molar-refractivity contribution is 5.51. The zero-order valence-corrected chi connectivity index (χ0v) is 11.4.